The zero-order chi connectivity index (χ0) is 16.0. The Kier molecular flexibility index (Phi) is 11.2. The molecule has 1 aromatic carbocycles. The maximum atomic E-state index is 2.34. The van der Waals surface area contributed by atoms with E-state index in [1.807, 2.05) is 0 Å². The van der Waals surface area contributed by atoms with E-state index in [9.17, 15) is 0 Å². The molecule has 0 nitrogen and oxygen atoms in total. The van der Waals surface area contributed by atoms with Crippen LogP contribution in [0.5, 0.6) is 0 Å². The molecule has 0 heterocycles. The lowest BCUT2D eigenvalue weighted by atomic mass is 9.96. The molecule has 0 aliphatic carbocycles. The van der Waals surface area contributed by atoms with Crippen molar-refractivity contribution >= 4 is 0 Å². The van der Waals surface area contributed by atoms with Gasteiger partial charge in [0.2, 0.25) is 0 Å². The van der Waals surface area contributed by atoms with Gasteiger partial charge in [-0.1, -0.05) is 103 Å². The summed E-state index contributed by atoms with van der Waals surface area (Å²) in [5.41, 5.74) is 3.01. The van der Waals surface area contributed by atoms with E-state index in [2.05, 4.69) is 45.0 Å². The summed E-state index contributed by atoms with van der Waals surface area (Å²) in [6.45, 7) is 6.87. The first-order valence-electron chi connectivity index (χ1n) is 9.86. The van der Waals surface area contributed by atoms with E-state index in [1.54, 1.807) is 0 Å². The molecule has 0 radical (unpaired) electrons. The minimum Gasteiger partial charge on any atom is -0.0654 e. The summed E-state index contributed by atoms with van der Waals surface area (Å²) in [4.78, 5) is 0. The summed E-state index contributed by atoms with van der Waals surface area (Å²) in [6, 6.07) is 9.35. The smallest absolute Gasteiger partial charge is 0.0193 e. The highest BCUT2D eigenvalue weighted by atomic mass is 14.1. The van der Waals surface area contributed by atoms with Gasteiger partial charge in [-0.15, -0.1) is 0 Å². The van der Waals surface area contributed by atoms with E-state index in [0.717, 1.165) is 0 Å². The molecule has 0 aliphatic heterocycles. The van der Waals surface area contributed by atoms with Crippen LogP contribution < -0.4 is 0 Å². The van der Waals surface area contributed by atoms with Crippen LogP contribution >= 0.6 is 0 Å². The molecule has 0 spiro atoms. The van der Waals surface area contributed by atoms with E-state index in [-0.39, 0.29) is 0 Å². The highest BCUT2D eigenvalue weighted by Crippen LogP contribution is 2.19. The molecule has 1 aromatic rings. The molecular weight excluding hydrogens is 264 g/mol. The van der Waals surface area contributed by atoms with Gasteiger partial charge in [0.15, 0.2) is 0 Å². The molecule has 0 saturated carbocycles. The molecule has 1 atom stereocenters. The van der Waals surface area contributed by atoms with Gasteiger partial charge in [0.1, 0.15) is 0 Å². The quantitative estimate of drug-likeness (QED) is 0.328. The van der Waals surface area contributed by atoms with Crippen LogP contribution in [0.25, 0.3) is 0 Å². The van der Waals surface area contributed by atoms with Crippen molar-refractivity contribution in [1.82, 2.24) is 0 Å². The summed E-state index contributed by atoms with van der Waals surface area (Å²) >= 11 is 0. The van der Waals surface area contributed by atoms with Crippen LogP contribution in [0.2, 0.25) is 0 Å². The third-order valence-electron chi connectivity index (χ3n) is 4.98. The Morgan fingerprint density at radius 2 is 1.18 bits per heavy atom. The third kappa shape index (κ3) is 8.61. The third-order valence-corrected chi connectivity index (χ3v) is 4.98. The van der Waals surface area contributed by atoms with Crippen molar-refractivity contribution in [2.45, 2.75) is 104 Å². The predicted molar refractivity (Wildman–Crippen MR) is 101 cm³/mol. The minimum absolute atomic E-state index is 0.700. The summed E-state index contributed by atoms with van der Waals surface area (Å²) in [7, 11) is 0. The van der Waals surface area contributed by atoms with Crippen molar-refractivity contribution in [3.63, 3.8) is 0 Å². The van der Waals surface area contributed by atoms with Crippen molar-refractivity contribution in [3.8, 4) is 0 Å². The van der Waals surface area contributed by atoms with Crippen LogP contribution in [0.1, 0.15) is 108 Å². The second-order valence-corrected chi connectivity index (χ2v) is 6.98. The summed E-state index contributed by atoms with van der Waals surface area (Å²) in [5.74, 6) is 0.700. The number of rotatable bonds is 13. The Labute approximate surface area is 139 Å². The van der Waals surface area contributed by atoms with Crippen LogP contribution in [0.3, 0.4) is 0 Å². The minimum atomic E-state index is 0.700. The maximum absolute atomic E-state index is 2.34. The Hall–Kier alpha value is -0.780. The van der Waals surface area contributed by atoms with Gasteiger partial charge in [-0.3, -0.25) is 0 Å². The molecule has 0 heteroatoms. The summed E-state index contributed by atoms with van der Waals surface area (Å²) < 4.78 is 0. The molecule has 0 N–H and O–H groups in total. The molecule has 0 amide bonds. The van der Waals surface area contributed by atoms with Crippen molar-refractivity contribution in [2.24, 2.45) is 0 Å². The van der Waals surface area contributed by atoms with E-state index in [0.29, 0.717) is 5.92 Å². The molecule has 0 fully saturated rings. The summed E-state index contributed by atoms with van der Waals surface area (Å²) in [6.07, 6.45) is 16.7. The Balaban J connectivity index is 2.00. The van der Waals surface area contributed by atoms with Crippen LogP contribution in [0.15, 0.2) is 24.3 Å². The first-order valence-corrected chi connectivity index (χ1v) is 9.86. The van der Waals surface area contributed by atoms with Crippen LogP contribution in [0, 0.1) is 0 Å². The topological polar surface area (TPSA) is 0 Å². The largest absolute Gasteiger partial charge is 0.0654 e. The fourth-order valence-corrected chi connectivity index (χ4v) is 3.07. The molecule has 0 bridgehead atoms. The average molecular weight is 303 g/mol. The number of unbranched alkanes of at least 4 members (excludes halogenated alkanes) is 9. The number of hydrogen-bond acceptors (Lipinski definition) is 0. The number of aryl methyl sites for hydroxylation is 1. The zero-order valence-corrected chi connectivity index (χ0v) is 15.4. The first kappa shape index (κ1) is 19.3. The molecule has 1 rings (SSSR count). The molecular formula is C22H38. The molecule has 0 saturated heterocycles. The summed E-state index contributed by atoms with van der Waals surface area (Å²) in [5, 5.41) is 0. The molecule has 0 aromatic heterocycles. The highest BCUT2D eigenvalue weighted by molar-refractivity contribution is 5.25. The second kappa shape index (κ2) is 12.7. The fourth-order valence-electron chi connectivity index (χ4n) is 3.07. The van der Waals surface area contributed by atoms with Crippen molar-refractivity contribution in [3.05, 3.63) is 35.4 Å². The Morgan fingerprint density at radius 3 is 1.68 bits per heavy atom. The van der Waals surface area contributed by atoms with Gasteiger partial charge >= 0.3 is 0 Å². The monoisotopic (exact) mass is 302 g/mol. The Bertz CT molecular complexity index is 349. The fraction of sp³-hybridized carbons (Fsp3) is 0.727. The van der Waals surface area contributed by atoms with Crippen molar-refractivity contribution in [2.75, 3.05) is 0 Å². The van der Waals surface area contributed by atoms with Gasteiger partial charge < -0.3 is 0 Å². The van der Waals surface area contributed by atoms with Crippen LogP contribution in [-0.4, -0.2) is 0 Å². The van der Waals surface area contributed by atoms with Crippen molar-refractivity contribution in [1.29, 1.82) is 0 Å². The van der Waals surface area contributed by atoms with Crippen LogP contribution in [0.4, 0.5) is 0 Å². The van der Waals surface area contributed by atoms with E-state index < -0.39 is 0 Å². The van der Waals surface area contributed by atoms with E-state index >= 15 is 0 Å². The SMILES string of the molecule is CCCCCCCCCCCCc1ccc(C(C)CC)cc1. The van der Waals surface area contributed by atoms with Gasteiger partial charge in [0, 0.05) is 0 Å². The van der Waals surface area contributed by atoms with Gasteiger partial charge in [-0.05, 0) is 36.3 Å². The number of benzene rings is 1. The zero-order valence-electron chi connectivity index (χ0n) is 15.4. The molecule has 1 unspecified atom stereocenters. The number of hydrogen-bond donors (Lipinski definition) is 0. The van der Waals surface area contributed by atoms with Gasteiger partial charge in [0.05, 0.1) is 0 Å². The lowest BCUT2D eigenvalue weighted by molar-refractivity contribution is 0.556. The maximum Gasteiger partial charge on any atom is -0.0193 e. The standard InChI is InChI=1S/C22H38/c1-4-6-7-8-9-10-11-12-13-14-15-21-16-18-22(19-17-21)20(3)5-2/h16-20H,4-15H2,1-3H3. The van der Waals surface area contributed by atoms with E-state index in [4.69, 9.17) is 0 Å². The lowest BCUT2D eigenvalue weighted by Gasteiger charge is -2.09. The first-order chi connectivity index (χ1) is 10.8. The normalized spacial score (nSPS) is 12.5. The van der Waals surface area contributed by atoms with Gasteiger partial charge in [0.25, 0.3) is 0 Å². The van der Waals surface area contributed by atoms with Crippen LogP contribution in [-0.2, 0) is 6.42 Å². The second-order valence-electron chi connectivity index (χ2n) is 6.98. The predicted octanol–water partition coefficient (Wildman–Crippen LogP) is 7.66. The molecule has 22 heavy (non-hydrogen) atoms. The van der Waals surface area contributed by atoms with Gasteiger partial charge in [-0.25, -0.2) is 0 Å². The molecule has 126 valence electrons. The van der Waals surface area contributed by atoms with E-state index in [1.165, 1.54) is 88.2 Å². The Morgan fingerprint density at radius 1 is 0.682 bits per heavy atom. The highest BCUT2D eigenvalue weighted by Gasteiger charge is 2.02. The lowest BCUT2D eigenvalue weighted by Crippen LogP contribution is -1.92. The average Bonchev–Trinajstić information content (AvgIpc) is 2.56. The van der Waals surface area contributed by atoms with Crippen molar-refractivity contribution < 1.29 is 0 Å². The molecule has 0 aliphatic rings. The van der Waals surface area contributed by atoms with Gasteiger partial charge in [-0.2, -0.15) is 0 Å².